The minimum atomic E-state index is -0.612. The van der Waals surface area contributed by atoms with Crippen LogP contribution in [0.1, 0.15) is 78.4 Å². The number of nitrogens with zero attached hydrogens (tertiary/aromatic N) is 7. The van der Waals surface area contributed by atoms with E-state index in [2.05, 4.69) is 57.5 Å². The molecule has 24 nitrogen and oxygen atoms in total. The lowest BCUT2D eigenvalue weighted by atomic mass is 10.2. The summed E-state index contributed by atoms with van der Waals surface area (Å²) in [4.78, 5) is 116. The van der Waals surface area contributed by atoms with Gasteiger partial charge in [-0.15, -0.1) is 0 Å². The third kappa shape index (κ3) is 13.5. The third-order valence-electron chi connectivity index (χ3n) is 10.6. The Hall–Kier alpha value is -8.54. The van der Waals surface area contributed by atoms with Gasteiger partial charge in [-0.2, -0.15) is 0 Å². The zero-order chi connectivity index (χ0) is 49.8. The van der Waals surface area contributed by atoms with Crippen LogP contribution in [0, 0.1) is 0 Å². The van der Waals surface area contributed by atoms with Gasteiger partial charge in [-0.3, -0.25) is 38.4 Å². The number of amides is 8. The lowest BCUT2D eigenvalue weighted by molar-refractivity contribution is -0.121. The fraction of sp³-hybridized carbons (Fsp3) is 0.333. The van der Waals surface area contributed by atoms with Crippen molar-refractivity contribution >= 4 is 81.3 Å². The number of H-pyrrole nitrogens is 1. The Labute approximate surface area is 396 Å². The number of carbonyl (C=O) groups excluding carboxylic acids is 8. The Morgan fingerprint density at radius 2 is 1.13 bits per heavy atom. The average molecular weight is 949 g/mol. The summed E-state index contributed by atoms with van der Waals surface area (Å²) in [6.07, 6.45) is 5.23. The van der Waals surface area contributed by atoms with Crippen molar-refractivity contribution < 1.29 is 38.4 Å². The molecular weight excluding hydrogens is 893 g/mol. The molecule has 6 aromatic rings. The third-order valence-corrected chi connectivity index (χ3v) is 10.6. The van der Waals surface area contributed by atoms with Crippen molar-refractivity contribution in [3.05, 3.63) is 95.9 Å². The topological polar surface area (TPSA) is 297 Å². The highest BCUT2D eigenvalue weighted by atomic mass is 16.2. The minimum absolute atomic E-state index is 0.0232. The molecule has 0 spiro atoms. The molecule has 24 heteroatoms. The van der Waals surface area contributed by atoms with Gasteiger partial charge in [0.2, 0.25) is 29.4 Å². The van der Waals surface area contributed by atoms with Crippen LogP contribution in [0.15, 0.2) is 67.1 Å². The smallest absolute Gasteiger partial charge is 0.292 e. The second-order valence-electron chi connectivity index (χ2n) is 16.3. The molecule has 0 unspecified atom stereocenters. The first-order valence-electron chi connectivity index (χ1n) is 21.9. The van der Waals surface area contributed by atoms with E-state index >= 15 is 0 Å². The normalized spacial score (nSPS) is 11.0. The first kappa shape index (κ1) is 49.9. The number of nitrogens with one attached hydrogen (secondary N) is 9. The predicted octanol–water partition coefficient (Wildman–Crippen LogP) is 1.52. The number of hydrogen-bond acceptors (Lipinski definition) is 11. The van der Waals surface area contributed by atoms with Gasteiger partial charge in [-0.05, 0) is 57.4 Å². The molecule has 5 heterocycles. The fourth-order valence-electron chi connectivity index (χ4n) is 7.02. The molecule has 0 atom stereocenters. The molecule has 0 bridgehead atoms. The molecule has 0 aliphatic rings. The number of imidazole rings is 2. The van der Waals surface area contributed by atoms with Gasteiger partial charge in [-0.1, -0.05) is 18.2 Å². The van der Waals surface area contributed by atoms with Gasteiger partial charge < -0.3 is 70.7 Å². The number of fused-ring (bicyclic) bond motifs is 1. The molecule has 0 fully saturated rings. The number of para-hydroxylation sites is 1. The zero-order valence-corrected chi connectivity index (χ0v) is 39.1. The van der Waals surface area contributed by atoms with E-state index in [1.54, 1.807) is 40.5 Å². The van der Waals surface area contributed by atoms with Gasteiger partial charge in [0.25, 0.3) is 29.5 Å². The van der Waals surface area contributed by atoms with Crippen LogP contribution in [0.4, 0.5) is 23.1 Å². The largest absolute Gasteiger partial charge is 0.356 e. The van der Waals surface area contributed by atoms with Crippen LogP contribution >= 0.6 is 0 Å². The molecule has 364 valence electrons. The summed E-state index contributed by atoms with van der Waals surface area (Å²) in [5.74, 6) is -3.12. The van der Waals surface area contributed by atoms with Gasteiger partial charge in [0.15, 0.2) is 11.6 Å². The van der Waals surface area contributed by atoms with Gasteiger partial charge in [0.1, 0.15) is 22.9 Å². The van der Waals surface area contributed by atoms with Crippen molar-refractivity contribution in [1.82, 2.24) is 59.4 Å². The summed E-state index contributed by atoms with van der Waals surface area (Å²) in [5.41, 5.74) is 1.97. The summed E-state index contributed by atoms with van der Waals surface area (Å²) in [5, 5.41) is 22.4. The van der Waals surface area contributed by atoms with Crippen LogP contribution in [0.3, 0.4) is 0 Å². The minimum Gasteiger partial charge on any atom is -0.356 e. The van der Waals surface area contributed by atoms with Crippen molar-refractivity contribution in [2.75, 3.05) is 68.1 Å². The SMILES string of the molecule is CN(C)CCCNC(=O)CCNC(=O)c1cc(NC(=O)c2nc(NC(=O)CCNC(=O)c3ccc(NC(=O)c4nc(NC(=O)CCNC(=O)c5cc6ccccc6[nH]5)cn4C)n3C)cn2C)cn1C. The quantitative estimate of drug-likeness (QED) is 0.0440. The molecule has 6 rings (SSSR count). The summed E-state index contributed by atoms with van der Waals surface area (Å²) >= 11 is 0. The maximum absolute atomic E-state index is 13.2. The van der Waals surface area contributed by atoms with Crippen LogP contribution < -0.4 is 42.5 Å². The molecule has 8 amide bonds. The van der Waals surface area contributed by atoms with Crippen LogP contribution in [-0.4, -0.2) is 132 Å². The van der Waals surface area contributed by atoms with E-state index in [1.165, 1.54) is 48.9 Å². The Balaban J connectivity index is 0.901. The van der Waals surface area contributed by atoms with Gasteiger partial charge in [0.05, 0.1) is 5.69 Å². The van der Waals surface area contributed by atoms with E-state index in [-0.39, 0.29) is 91.2 Å². The van der Waals surface area contributed by atoms with E-state index in [1.807, 2.05) is 43.3 Å². The van der Waals surface area contributed by atoms with Gasteiger partial charge >= 0.3 is 0 Å². The Bertz CT molecular complexity index is 2850. The molecule has 0 aliphatic carbocycles. The number of aryl methyl sites for hydroxylation is 3. The number of carbonyl (C=O) groups is 8. The first-order chi connectivity index (χ1) is 32.9. The monoisotopic (exact) mass is 948 g/mol. The second kappa shape index (κ2) is 22.8. The molecule has 0 saturated carbocycles. The molecule has 1 aromatic carbocycles. The lowest BCUT2D eigenvalue weighted by Crippen LogP contribution is -2.32. The van der Waals surface area contributed by atoms with Crippen LogP contribution in [0.5, 0.6) is 0 Å². The Morgan fingerprint density at radius 1 is 0.565 bits per heavy atom. The number of rotatable bonds is 22. The fourth-order valence-corrected chi connectivity index (χ4v) is 7.02. The highest BCUT2D eigenvalue weighted by Gasteiger charge is 2.21. The van der Waals surface area contributed by atoms with Crippen LogP contribution in [0.2, 0.25) is 0 Å². The van der Waals surface area contributed by atoms with E-state index in [9.17, 15) is 38.4 Å². The standard InChI is InChI=1S/C45H56N16O8/c1-57(2)21-9-17-46-36(62)14-18-49-43(67)32-23-28(24-58(32)3)50-44(68)39-54-33(25-59(39)4)52-38(64)16-20-48-42(66)31-12-13-35(61(31)6)56-45(69)40-55-34(26-60(40)5)53-37(63)15-19-47-41(65)30-22-27-10-7-8-11-29(27)51-30/h7-8,10-13,22-26,51H,9,14-21H2,1-6H3,(H,46,62)(H,47,65)(H,48,66)(H,49,67)(H,50,68)(H,52,64)(H,53,63)(H,56,69). The van der Waals surface area contributed by atoms with Crippen molar-refractivity contribution in [3.63, 3.8) is 0 Å². The van der Waals surface area contributed by atoms with E-state index in [0.29, 0.717) is 17.9 Å². The van der Waals surface area contributed by atoms with Crippen molar-refractivity contribution in [1.29, 1.82) is 0 Å². The van der Waals surface area contributed by atoms with E-state index in [4.69, 9.17) is 0 Å². The summed E-state index contributed by atoms with van der Waals surface area (Å²) in [6.45, 7) is 1.55. The molecule has 69 heavy (non-hydrogen) atoms. The van der Waals surface area contributed by atoms with Crippen molar-refractivity contribution in [2.24, 2.45) is 28.2 Å². The van der Waals surface area contributed by atoms with Crippen LogP contribution in [0.25, 0.3) is 10.9 Å². The van der Waals surface area contributed by atoms with Crippen molar-refractivity contribution in [3.8, 4) is 0 Å². The second-order valence-corrected chi connectivity index (χ2v) is 16.3. The number of benzene rings is 1. The van der Waals surface area contributed by atoms with E-state index in [0.717, 1.165) is 23.9 Å². The molecule has 0 radical (unpaired) electrons. The summed E-state index contributed by atoms with van der Waals surface area (Å²) in [7, 11) is 10.3. The van der Waals surface area contributed by atoms with Crippen molar-refractivity contribution in [2.45, 2.75) is 25.7 Å². The average Bonchev–Trinajstić information content (AvgIpc) is 4.13. The van der Waals surface area contributed by atoms with Crippen LogP contribution in [-0.2, 0) is 42.6 Å². The van der Waals surface area contributed by atoms with Gasteiger partial charge in [-0.25, -0.2) is 9.97 Å². The first-order valence-corrected chi connectivity index (χ1v) is 21.9. The highest BCUT2D eigenvalue weighted by Crippen LogP contribution is 2.18. The maximum atomic E-state index is 13.2. The predicted molar refractivity (Wildman–Crippen MR) is 256 cm³/mol. The highest BCUT2D eigenvalue weighted by molar-refractivity contribution is 6.05. The maximum Gasteiger partial charge on any atom is 0.292 e. The Morgan fingerprint density at radius 3 is 1.74 bits per heavy atom. The molecule has 0 saturated heterocycles. The molecule has 0 aliphatic heterocycles. The molecule has 9 N–H and O–H groups in total. The number of anilines is 4. The number of aromatic nitrogens is 7. The van der Waals surface area contributed by atoms with Gasteiger partial charge in [0, 0.05) is 103 Å². The Kier molecular flexibility index (Phi) is 16.5. The molecule has 5 aromatic heterocycles. The molecular formula is C45H56N16O8. The number of aromatic amines is 1. The lowest BCUT2D eigenvalue weighted by Gasteiger charge is -2.10. The zero-order valence-electron chi connectivity index (χ0n) is 39.1. The summed E-state index contributed by atoms with van der Waals surface area (Å²) < 4.78 is 5.84. The summed E-state index contributed by atoms with van der Waals surface area (Å²) in [6, 6.07) is 13.7. The van der Waals surface area contributed by atoms with E-state index < -0.39 is 35.4 Å². The number of hydrogen-bond donors (Lipinski definition) is 9.